The first-order chi connectivity index (χ1) is 16.5. The highest BCUT2D eigenvalue weighted by Gasteiger charge is 2.43. The summed E-state index contributed by atoms with van der Waals surface area (Å²) in [4.78, 5) is 29.8. The first-order valence-corrected chi connectivity index (χ1v) is 12.9. The van der Waals surface area contributed by atoms with Gasteiger partial charge in [-0.15, -0.1) is 0 Å². The predicted molar refractivity (Wildman–Crippen MR) is 127 cm³/mol. The van der Waals surface area contributed by atoms with E-state index in [1.807, 2.05) is 18.2 Å². The van der Waals surface area contributed by atoms with Gasteiger partial charge in [0.2, 0.25) is 5.91 Å². The van der Waals surface area contributed by atoms with Gasteiger partial charge in [0.05, 0.1) is 6.61 Å². The molecule has 1 aromatic rings. The highest BCUT2D eigenvalue weighted by molar-refractivity contribution is 6.01. The van der Waals surface area contributed by atoms with E-state index in [2.05, 4.69) is 16.8 Å². The van der Waals surface area contributed by atoms with Crippen molar-refractivity contribution < 1.29 is 19.1 Å². The van der Waals surface area contributed by atoms with Crippen LogP contribution in [0.2, 0.25) is 0 Å². The Morgan fingerprint density at radius 3 is 2.74 bits per heavy atom. The van der Waals surface area contributed by atoms with Crippen LogP contribution < -0.4 is 10.1 Å². The fraction of sp³-hybridized carbons (Fsp3) is 0.630. The van der Waals surface area contributed by atoms with E-state index in [9.17, 15) is 9.59 Å². The molecule has 3 atom stereocenters. The summed E-state index contributed by atoms with van der Waals surface area (Å²) < 4.78 is 12.3. The van der Waals surface area contributed by atoms with E-state index in [1.54, 1.807) is 4.90 Å². The first-order valence-electron chi connectivity index (χ1n) is 12.9. The lowest BCUT2D eigenvalue weighted by molar-refractivity contribution is -0.126. The van der Waals surface area contributed by atoms with Gasteiger partial charge >= 0.3 is 0 Å². The topological polar surface area (TPSA) is 71.1 Å². The van der Waals surface area contributed by atoms with Gasteiger partial charge in [-0.3, -0.25) is 14.5 Å². The number of nitrogens with one attached hydrogen (secondary N) is 1. The molecule has 4 fully saturated rings. The van der Waals surface area contributed by atoms with Gasteiger partial charge < -0.3 is 19.7 Å². The molecular formula is C27H35N3O4. The fourth-order valence-electron chi connectivity index (χ4n) is 6.71. The van der Waals surface area contributed by atoms with E-state index in [0.29, 0.717) is 36.4 Å². The highest BCUT2D eigenvalue weighted by atomic mass is 16.5. The van der Waals surface area contributed by atoms with Crippen molar-refractivity contribution >= 4 is 11.8 Å². The number of rotatable bonds is 4. The Labute approximate surface area is 201 Å². The van der Waals surface area contributed by atoms with E-state index >= 15 is 0 Å². The Kier molecular flexibility index (Phi) is 5.65. The van der Waals surface area contributed by atoms with Crippen molar-refractivity contribution in [3.8, 4) is 5.75 Å². The molecule has 1 N–H and O–H groups in total. The zero-order chi connectivity index (χ0) is 23.3. The highest BCUT2D eigenvalue weighted by Crippen LogP contribution is 2.41. The maximum Gasteiger partial charge on any atom is 0.255 e. The summed E-state index contributed by atoms with van der Waals surface area (Å²) in [6, 6.07) is 5.86. The number of fused-ring (bicyclic) bond motifs is 1. The Bertz CT molecular complexity index is 992. The van der Waals surface area contributed by atoms with Gasteiger partial charge in [-0.1, -0.05) is 6.58 Å². The minimum atomic E-state index is -0.429. The average molecular weight is 466 g/mol. The number of carbonyl (C=O) groups is 2. The quantitative estimate of drug-likeness (QED) is 0.739. The van der Waals surface area contributed by atoms with Crippen LogP contribution in [0.4, 0.5) is 0 Å². The van der Waals surface area contributed by atoms with Crippen LogP contribution in [-0.4, -0.2) is 66.1 Å². The molecule has 2 amide bonds. The van der Waals surface area contributed by atoms with Gasteiger partial charge in [0, 0.05) is 30.5 Å². The SMILES string of the molecule is C=C1CCC(N2Cc3cc(O[C@@H]4CCC[C@H]4N4CCC5(CCOC5)CC4)ccc3C2=O)C(=O)N1. The molecule has 5 aliphatic rings. The molecule has 182 valence electrons. The maximum atomic E-state index is 13.0. The molecule has 1 saturated carbocycles. The van der Waals surface area contributed by atoms with Crippen LogP contribution in [0, 0.1) is 5.41 Å². The number of likely N-dealkylation sites (tertiary alicyclic amines) is 1. The number of piperidine rings is 2. The Hall–Kier alpha value is -2.38. The lowest BCUT2D eigenvalue weighted by Gasteiger charge is -2.42. The van der Waals surface area contributed by atoms with Crippen LogP contribution in [0.25, 0.3) is 0 Å². The summed E-state index contributed by atoms with van der Waals surface area (Å²) in [5.74, 6) is 0.644. The number of hydrogen-bond acceptors (Lipinski definition) is 5. The number of allylic oxidation sites excluding steroid dienone is 1. The van der Waals surface area contributed by atoms with Crippen LogP contribution in [0.15, 0.2) is 30.5 Å². The van der Waals surface area contributed by atoms with Crippen molar-refractivity contribution in [3.05, 3.63) is 41.6 Å². The van der Waals surface area contributed by atoms with Crippen LogP contribution >= 0.6 is 0 Å². The molecule has 6 rings (SSSR count). The molecule has 0 radical (unpaired) electrons. The third-order valence-corrected chi connectivity index (χ3v) is 8.82. The van der Waals surface area contributed by atoms with Crippen LogP contribution in [-0.2, 0) is 16.1 Å². The van der Waals surface area contributed by atoms with E-state index in [1.165, 1.54) is 32.1 Å². The number of ether oxygens (including phenoxy) is 2. The van der Waals surface area contributed by atoms with Crippen molar-refractivity contribution in [1.29, 1.82) is 0 Å². The predicted octanol–water partition coefficient (Wildman–Crippen LogP) is 3.24. The normalized spacial score (nSPS) is 31.2. The van der Waals surface area contributed by atoms with Crippen LogP contribution in [0.5, 0.6) is 5.75 Å². The number of nitrogens with zero attached hydrogens (tertiary/aromatic N) is 2. The molecule has 3 saturated heterocycles. The van der Waals surface area contributed by atoms with Crippen LogP contribution in [0.3, 0.4) is 0 Å². The van der Waals surface area contributed by atoms with Crippen molar-refractivity contribution in [1.82, 2.24) is 15.1 Å². The Balaban J connectivity index is 1.11. The molecule has 1 aromatic carbocycles. The monoisotopic (exact) mass is 465 g/mol. The van der Waals surface area contributed by atoms with E-state index in [-0.39, 0.29) is 17.9 Å². The van der Waals surface area contributed by atoms with Gasteiger partial charge in [-0.05, 0) is 93.6 Å². The molecular weight excluding hydrogens is 430 g/mol. The van der Waals surface area contributed by atoms with Gasteiger partial charge in [0.1, 0.15) is 17.9 Å². The summed E-state index contributed by atoms with van der Waals surface area (Å²) >= 11 is 0. The average Bonchev–Trinajstić information content (AvgIpc) is 3.55. The summed E-state index contributed by atoms with van der Waals surface area (Å²) in [6.45, 7) is 8.44. The van der Waals surface area contributed by atoms with E-state index in [4.69, 9.17) is 9.47 Å². The van der Waals surface area contributed by atoms with E-state index in [0.717, 1.165) is 49.7 Å². The van der Waals surface area contributed by atoms with Crippen molar-refractivity contribution in [2.24, 2.45) is 5.41 Å². The summed E-state index contributed by atoms with van der Waals surface area (Å²) in [5, 5.41) is 2.80. The maximum absolute atomic E-state index is 13.0. The summed E-state index contributed by atoms with van der Waals surface area (Å²) in [6.07, 6.45) is 8.66. The van der Waals surface area contributed by atoms with Gasteiger partial charge in [0.25, 0.3) is 5.91 Å². The molecule has 4 heterocycles. The Morgan fingerprint density at radius 1 is 1.12 bits per heavy atom. The second-order valence-corrected chi connectivity index (χ2v) is 10.9. The summed E-state index contributed by atoms with van der Waals surface area (Å²) in [7, 11) is 0. The Morgan fingerprint density at radius 2 is 1.97 bits per heavy atom. The molecule has 0 bridgehead atoms. The first kappa shape index (κ1) is 22.1. The molecule has 1 aliphatic carbocycles. The molecule has 34 heavy (non-hydrogen) atoms. The van der Waals surface area contributed by atoms with E-state index < -0.39 is 6.04 Å². The molecule has 7 nitrogen and oxygen atoms in total. The third kappa shape index (κ3) is 3.93. The molecule has 4 aliphatic heterocycles. The number of carbonyl (C=O) groups excluding carboxylic acids is 2. The molecule has 1 spiro atoms. The molecule has 0 aromatic heterocycles. The van der Waals surface area contributed by atoms with Crippen LogP contribution in [0.1, 0.15) is 67.3 Å². The smallest absolute Gasteiger partial charge is 0.255 e. The third-order valence-electron chi connectivity index (χ3n) is 8.82. The second kappa shape index (κ2) is 8.68. The zero-order valence-electron chi connectivity index (χ0n) is 19.9. The summed E-state index contributed by atoms with van der Waals surface area (Å²) in [5.41, 5.74) is 2.79. The van der Waals surface area contributed by atoms with Gasteiger partial charge in [-0.25, -0.2) is 0 Å². The number of amides is 2. The van der Waals surface area contributed by atoms with Crippen molar-refractivity contribution in [2.75, 3.05) is 26.3 Å². The minimum Gasteiger partial charge on any atom is -0.489 e. The lowest BCUT2D eigenvalue weighted by Crippen LogP contribution is -2.49. The number of benzene rings is 1. The second-order valence-electron chi connectivity index (χ2n) is 10.9. The largest absolute Gasteiger partial charge is 0.489 e. The minimum absolute atomic E-state index is 0.0638. The lowest BCUT2D eigenvalue weighted by atomic mass is 9.77. The van der Waals surface area contributed by atoms with Crippen molar-refractivity contribution in [3.63, 3.8) is 0 Å². The van der Waals surface area contributed by atoms with Gasteiger partial charge in [0.15, 0.2) is 0 Å². The fourth-order valence-corrected chi connectivity index (χ4v) is 6.71. The zero-order valence-corrected chi connectivity index (χ0v) is 19.9. The van der Waals surface area contributed by atoms with Gasteiger partial charge in [-0.2, -0.15) is 0 Å². The molecule has 7 heteroatoms. The standard InChI is InChI=1S/C27H35N3O4/c1-18-5-8-23(25(31)28-18)30-16-19-15-20(6-7-21(19)26(30)32)34-24-4-2-3-22(24)29-12-9-27(10-13-29)11-14-33-17-27/h6-7,15,22-24H,1-5,8-14,16-17H2,(H,28,31)/t22-,23?,24-/m1/s1. The molecule has 1 unspecified atom stereocenters. The van der Waals surface area contributed by atoms with Crippen molar-refractivity contribution in [2.45, 2.75) is 76.1 Å². The number of hydrogen-bond donors (Lipinski definition) is 1.